The van der Waals surface area contributed by atoms with E-state index in [0.717, 1.165) is 25.0 Å². The normalized spacial score (nSPS) is 21.0. The van der Waals surface area contributed by atoms with E-state index in [-0.39, 0.29) is 23.5 Å². The molecule has 0 saturated heterocycles. The third-order valence-electron chi connectivity index (χ3n) is 3.38. The molecule has 1 aliphatic rings. The molecule has 0 radical (unpaired) electrons. The molecule has 0 aliphatic heterocycles. The van der Waals surface area contributed by atoms with Crippen molar-refractivity contribution in [2.24, 2.45) is 0 Å². The maximum atomic E-state index is 12.0. The molecule has 1 aromatic rings. The summed E-state index contributed by atoms with van der Waals surface area (Å²) in [6, 6.07) is 2.89. The van der Waals surface area contributed by atoms with Gasteiger partial charge in [0, 0.05) is 17.5 Å². The molecule has 2 unspecified atom stereocenters. The Morgan fingerprint density at radius 2 is 2.29 bits per heavy atom. The molecule has 7 heteroatoms. The van der Waals surface area contributed by atoms with Crippen molar-refractivity contribution in [1.82, 2.24) is 10.3 Å². The van der Waals surface area contributed by atoms with Gasteiger partial charge in [0.15, 0.2) is 5.69 Å². The van der Waals surface area contributed by atoms with Crippen molar-refractivity contribution in [1.29, 1.82) is 0 Å². The van der Waals surface area contributed by atoms with Gasteiger partial charge >= 0.3 is 12.0 Å². The van der Waals surface area contributed by atoms with Gasteiger partial charge in [-0.2, -0.15) is 11.8 Å². The Hall–Kier alpha value is -1.76. The second-order valence-electron chi connectivity index (χ2n) is 4.89. The number of carbonyl (C=O) groups is 2. The minimum Gasteiger partial charge on any atom is -0.476 e. The van der Waals surface area contributed by atoms with Crippen molar-refractivity contribution in [3.05, 3.63) is 24.0 Å². The van der Waals surface area contributed by atoms with Crippen LogP contribution in [-0.2, 0) is 0 Å². The molecule has 0 spiro atoms. The van der Waals surface area contributed by atoms with Gasteiger partial charge in [0.1, 0.15) is 0 Å². The number of nitrogens with zero attached hydrogens (tertiary/aromatic N) is 1. The van der Waals surface area contributed by atoms with E-state index in [9.17, 15) is 9.59 Å². The van der Waals surface area contributed by atoms with Gasteiger partial charge in [-0.3, -0.25) is 0 Å². The monoisotopic (exact) mass is 309 g/mol. The molecule has 1 heterocycles. The van der Waals surface area contributed by atoms with Crippen molar-refractivity contribution < 1.29 is 14.7 Å². The Kier molecular flexibility index (Phi) is 5.44. The topological polar surface area (TPSA) is 91.3 Å². The number of urea groups is 1. The van der Waals surface area contributed by atoms with Crippen LogP contribution in [0.15, 0.2) is 18.3 Å². The zero-order chi connectivity index (χ0) is 15.2. The van der Waals surface area contributed by atoms with Crippen molar-refractivity contribution in [3.8, 4) is 0 Å². The summed E-state index contributed by atoms with van der Waals surface area (Å²) in [6.45, 7) is 2.13. The summed E-state index contributed by atoms with van der Waals surface area (Å²) in [5, 5.41) is 15.1. The molecule has 6 nitrogen and oxygen atoms in total. The van der Waals surface area contributed by atoms with Crippen LogP contribution in [0.5, 0.6) is 0 Å². The highest BCUT2D eigenvalue weighted by molar-refractivity contribution is 7.99. The Morgan fingerprint density at radius 3 is 3.00 bits per heavy atom. The molecule has 3 N–H and O–H groups in total. The number of hydrogen-bond acceptors (Lipinski definition) is 4. The van der Waals surface area contributed by atoms with E-state index in [1.165, 1.54) is 12.3 Å². The highest BCUT2D eigenvalue weighted by Gasteiger charge is 2.26. The van der Waals surface area contributed by atoms with Crippen molar-refractivity contribution >= 4 is 29.4 Å². The van der Waals surface area contributed by atoms with Crippen molar-refractivity contribution in [2.75, 3.05) is 11.1 Å². The van der Waals surface area contributed by atoms with E-state index in [4.69, 9.17) is 5.11 Å². The highest BCUT2D eigenvalue weighted by Crippen LogP contribution is 2.29. The number of carbonyl (C=O) groups excluding carboxylic acids is 1. The summed E-state index contributed by atoms with van der Waals surface area (Å²) in [5.41, 5.74) is 0.0541. The van der Waals surface area contributed by atoms with Gasteiger partial charge in [-0.05, 0) is 37.1 Å². The van der Waals surface area contributed by atoms with E-state index >= 15 is 0 Å². The van der Waals surface area contributed by atoms with Crippen LogP contribution in [0.3, 0.4) is 0 Å². The first kappa shape index (κ1) is 15.6. The molecule has 21 heavy (non-hydrogen) atoms. The number of aromatic nitrogens is 1. The summed E-state index contributed by atoms with van der Waals surface area (Å²) in [4.78, 5) is 26.7. The summed E-state index contributed by atoms with van der Waals surface area (Å²) in [5.74, 6) is -0.0764. The Morgan fingerprint density at radius 1 is 1.48 bits per heavy atom. The first-order valence-electron chi connectivity index (χ1n) is 6.97. The molecule has 2 amide bonds. The fourth-order valence-electron chi connectivity index (χ4n) is 2.48. The lowest BCUT2D eigenvalue weighted by Crippen LogP contribution is -2.37. The number of carboxylic acids is 1. The molecular weight excluding hydrogens is 290 g/mol. The van der Waals surface area contributed by atoms with E-state index in [1.54, 1.807) is 6.07 Å². The second-order valence-corrected chi connectivity index (χ2v) is 6.47. The summed E-state index contributed by atoms with van der Waals surface area (Å²) in [6.07, 6.45) is 4.42. The number of pyridine rings is 1. The summed E-state index contributed by atoms with van der Waals surface area (Å²) < 4.78 is 0. The SMILES string of the molecule is CCSC1CCC(NC(=O)Nc2cccnc2C(=O)O)C1. The van der Waals surface area contributed by atoms with Crippen molar-refractivity contribution in [3.63, 3.8) is 0 Å². The minimum atomic E-state index is -1.16. The number of rotatable bonds is 5. The molecule has 0 bridgehead atoms. The number of thioether (sulfide) groups is 1. The molecule has 2 rings (SSSR count). The summed E-state index contributed by atoms with van der Waals surface area (Å²) in [7, 11) is 0. The van der Waals surface area contributed by atoms with Gasteiger partial charge in [0.05, 0.1) is 5.69 Å². The van der Waals surface area contributed by atoms with Crippen LogP contribution >= 0.6 is 11.8 Å². The second kappa shape index (κ2) is 7.31. The van der Waals surface area contributed by atoms with Crippen molar-refractivity contribution in [2.45, 2.75) is 37.5 Å². The fourth-order valence-corrected chi connectivity index (χ4v) is 3.62. The van der Waals surface area contributed by atoms with Crippen LogP contribution in [0.2, 0.25) is 0 Å². The van der Waals surface area contributed by atoms with Gasteiger partial charge in [-0.15, -0.1) is 0 Å². The Labute approximate surface area is 127 Å². The quantitative estimate of drug-likeness (QED) is 0.777. The van der Waals surface area contributed by atoms with E-state index in [0.29, 0.717) is 5.25 Å². The van der Waals surface area contributed by atoms with Gasteiger partial charge < -0.3 is 15.7 Å². The Balaban J connectivity index is 1.90. The maximum Gasteiger partial charge on any atom is 0.356 e. The maximum absolute atomic E-state index is 12.0. The van der Waals surface area contributed by atoms with Crippen LogP contribution in [-0.4, -0.2) is 39.1 Å². The number of carboxylic acid groups (broad SMARTS) is 1. The molecule has 2 atom stereocenters. The van der Waals surface area contributed by atoms with Gasteiger partial charge in [0.2, 0.25) is 0 Å². The van der Waals surface area contributed by atoms with Crippen LogP contribution in [0.1, 0.15) is 36.7 Å². The average molecular weight is 309 g/mol. The molecule has 0 aromatic carbocycles. The smallest absolute Gasteiger partial charge is 0.356 e. The van der Waals surface area contributed by atoms with E-state index in [1.807, 2.05) is 11.8 Å². The van der Waals surface area contributed by atoms with Crippen LogP contribution in [0.4, 0.5) is 10.5 Å². The third-order valence-corrected chi connectivity index (χ3v) is 4.61. The third kappa shape index (κ3) is 4.35. The molecule has 1 fully saturated rings. The number of hydrogen-bond donors (Lipinski definition) is 3. The largest absolute Gasteiger partial charge is 0.476 e. The first-order chi connectivity index (χ1) is 10.1. The molecule has 1 aromatic heterocycles. The average Bonchev–Trinajstić information content (AvgIpc) is 2.86. The standard InChI is InChI=1S/C14H19N3O3S/c1-2-21-10-6-5-9(8-10)16-14(20)17-11-4-3-7-15-12(11)13(18)19/h3-4,7,9-10H,2,5-6,8H2,1H3,(H,18,19)(H2,16,17,20). The number of nitrogens with one attached hydrogen (secondary N) is 2. The zero-order valence-electron chi connectivity index (χ0n) is 11.8. The fraction of sp³-hybridized carbons (Fsp3) is 0.500. The molecule has 1 saturated carbocycles. The predicted molar refractivity (Wildman–Crippen MR) is 82.9 cm³/mol. The minimum absolute atomic E-state index is 0.152. The summed E-state index contributed by atoms with van der Waals surface area (Å²) >= 11 is 1.92. The lowest BCUT2D eigenvalue weighted by atomic mass is 10.2. The van der Waals surface area contributed by atoms with E-state index in [2.05, 4.69) is 22.5 Å². The molecule has 1 aliphatic carbocycles. The molecular formula is C14H19N3O3S. The zero-order valence-corrected chi connectivity index (χ0v) is 12.7. The molecule has 114 valence electrons. The highest BCUT2D eigenvalue weighted by atomic mass is 32.2. The van der Waals surface area contributed by atoms with Crippen LogP contribution in [0.25, 0.3) is 0 Å². The number of amides is 2. The van der Waals surface area contributed by atoms with Gasteiger partial charge in [-0.25, -0.2) is 14.6 Å². The van der Waals surface area contributed by atoms with Gasteiger partial charge in [-0.1, -0.05) is 6.92 Å². The number of anilines is 1. The van der Waals surface area contributed by atoms with Gasteiger partial charge in [0.25, 0.3) is 0 Å². The van der Waals surface area contributed by atoms with E-state index < -0.39 is 5.97 Å². The lowest BCUT2D eigenvalue weighted by molar-refractivity contribution is 0.0692. The first-order valence-corrected chi connectivity index (χ1v) is 8.02. The lowest BCUT2D eigenvalue weighted by Gasteiger charge is -2.14. The van der Waals surface area contributed by atoms with Crippen LogP contribution < -0.4 is 10.6 Å². The Bertz CT molecular complexity index is 524. The predicted octanol–water partition coefficient (Wildman–Crippen LogP) is 2.58. The number of aromatic carboxylic acids is 1. The van der Waals surface area contributed by atoms with Crippen LogP contribution in [0, 0.1) is 0 Å².